The maximum atomic E-state index is 15.8. The number of aromatic hydroxyl groups is 4. The molecule has 18 heterocycles. The molecule has 0 saturated carbocycles. The molecule has 13 aliphatic rings. The monoisotopic (exact) mass is 2010 g/mol. The summed E-state index contributed by atoms with van der Waals surface area (Å²) >= 11 is 1.44. The molecule has 39 heteroatoms. The molecule has 4 N–H and O–H groups in total. The first kappa shape index (κ1) is 90.7. The number of para-hydroxylation sites is 2. The number of aryl methyl sites for hydroxylation is 1. The minimum absolute atomic E-state index is 0.0314. The number of pyridine rings is 4. The van der Waals surface area contributed by atoms with Gasteiger partial charge in [-0.2, -0.15) is 0 Å². The lowest BCUT2D eigenvalue weighted by Gasteiger charge is -2.51. The minimum Gasteiger partial charge on any atom is -0.502 e. The Labute approximate surface area is 838 Å². The quantitative estimate of drug-likeness (QED) is 0.119. The van der Waals surface area contributed by atoms with Gasteiger partial charge in [0.15, 0.2) is 57.4 Å². The van der Waals surface area contributed by atoms with Crippen molar-refractivity contribution in [3.8, 4) is 101 Å². The van der Waals surface area contributed by atoms with E-state index < -0.39 is 129 Å². The van der Waals surface area contributed by atoms with Gasteiger partial charge in [0.2, 0.25) is 21.7 Å². The van der Waals surface area contributed by atoms with Crippen molar-refractivity contribution < 1.29 is 84.9 Å². The van der Waals surface area contributed by atoms with Crippen molar-refractivity contribution in [3.05, 3.63) is 398 Å². The lowest BCUT2D eigenvalue weighted by atomic mass is 9.87. The Balaban J connectivity index is 0.000000100. The number of aromatic nitrogens is 8. The summed E-state index contributed by atoms with van der Waals surface area (Å²) in [4.78, 5) is 120. The molecule has 29 rings (SSSR count). The zero-order valence-electron chi connectivity index (χ0n) is 77.9. The molecule has 4 amide bonds. The number of hydrogen-bond acceptors (Lipinski definition) is 24. The summed E-state index contributed by atoms with van der Waals surface area (Å²) in [6.07, 6.45) is 12.0. The zero-order chi connectivity index (χ0) is 101. The maximum absolute atomic E-state index is 15.8. The Kier molecular flexibility index (Phi) is 21.3. The number of carbonyl (C=O) groups is 4. The van der Waals surface area contributed by atoms with Crippen molar-refractivity contribution in [2.24, 2.45) is 0 Å². The van der Waals surface area contributed by atoms with Crippen LogP contribution in [0.25, 0.3) is 77.9 Å². The number of morpholine rings is 4. The van der Waals surface area contributed by atoms with E-state index in [1.165, 1.54) is 67.3 Å². The van der Waals surface area contributed by atoms with Crippen LogP contribution in [0.2, 0.25) is 0 Å². The highest BCUT2D eigenvalue weighted by Crippen LogP contribution is 2.59. The molecule has 33 nitrogen and oxygen atoms in total. The van der Waals surface area contributed by atoms with Gasteiger partial charge in [-0.25, -0.2) is 31.9 Å². The normalized spacial score (nSPS) is 20.6. The van der Waals surface area contributed by atoms with Crippen molar-refractivity contribution in [3.63, 3.8) is 0 Å². The minimum atomic E-state index is -3.41. The van der Waals surface area contributed by atoms with Crippen LogP contribution in [0.15, 0.2) is 285 Å². The number of hydrogen-bond donors (Lipinski definition) is 4. The van der Waals surface area contributed by atoms with Crippen molar-refractivity contribution in [1.82, 2.24) is 57.4 Å². The molecular weight excluding hydrogens is 1930 g/mol. The highest BCUT2D eigenvalue weighted by molar-refractivity contribution is 7.14. The highest BCUT2D eigenvalue weighted by Gasteiger charge is 2.55. The van der Waals surface area contributed by atoms with Crippen LogP contribution in [0.5, 0.6) is 23.0 Å². The van der Waals surface area contributed by atoms with Crippen LogP contribution < -0.4 is 41.8 Å². The molecule has 8 aromatic carbocycles. The molecule has 0 bridgehead atoms. The Morgan fingerprint density at radius 1 is 0.365 bits per heavy atom. The zero-order valence-corrected chi connectivity index (χ0v) is 78.7. The summed E-state index contributed by atoms with van der Waals surface area (Å²) in [6.45, 7) is 3.29. The molecule has 148 heavy (non-hydrogen) atoms. The number of fused-ring (bicyclic) bond motifs is 25. The number of rotatable bonds is 4. The average molecular weight is 2020 g/mol. The first-order valence-corrected chi connectivity index (χ1v) is 48.9. The highest BCUT2D eigenvalue weighted by atomic mass is 32.1. The molecule has 0 radical (unpaired) electrons. The fourth-order valence-electron chi connectivity index (χ4n) is 23.7. The lowest BCUT2D eigenvalue weighted by Crippen LogP contribution is -2.66. The second kappa shape index (κ2) is 34.7. The Bertz CT molecular complexity index is 8230. The number of alkyl halides is 2. The van der Waals surface area contributed by atoms with Crippen LogP contribution in [0.1, 0.15) is 128 Å². The van der Waals surface area contributed by atoms with E-state index in [2.05, 4.69) is 55.5 Å². The predicted octanol–water partition coefficient (Wildman–Crippen LogP) is 13.1. The van der Waals surface area contributed by atoms with E-state index in [9.17, 15) is 63.2 Å². The summed E-state index contributed by atoms with van der Waals surface area (Å²) in [6, 6.07) is 56.8. The number of nitrogens with zero attached hydrogens (tertiary/aromatic N) is 16. The van der Waals surface area contributed by atoms with Gasteiger partial charge >= 0.3 is 0 Å². The molecule has 0 spiro atoms. The number of furan rings is 1. The van der Waals surface area contributed by atoms with Gasteiger partial charge in [-0.3, -0.25) is 86.2 Å². The van der Waals surface area contributed by atoms with Crippen molar-refractivity contribution >= 4 is 35.0 Å². The lowest BCUT2D eigenvalue weighted by molar-refractivity contribution is -0.0199. The van der Waals surface area contributed by atoms with Gasteiger partial charge in [0, 0.05) is 137 Å². The number of amides is 4. The molecule has 8 atom stereocenters. The predicted molar refractivity (Wildman–Crippen MR) is 527 cm³/mol. The number of carbonyl (C=O) groups excluding carboxylic acids is 4. The van der Waals surface area contributed by atoms with E-state index in [4.69, 9.17) is 23.4 Å². The van der Waals surface area contributed by atoms with E-state index >= 15 is 17.6 Å². The topological polar surface area (TPSA) is 349 Å². The molecule has 4 unspecified atom stereocenters. The molecule has 4 fully saturated rings. The smallest absolute Gasteiger partial charge is 0.278 e. The largest absolute Gasteiger partial charge is 0.502 e. The van der Waals surface area contributed by atoms with E-state index in [0.717, 1.165) is 102 Å². The fourth-order valence-corrected chi connectivity index (χ4v) is 24.9. The second-order valence-corrected chi connectivity index (χ2v) is 38.4. The number of thiophene rings is 1. The first-order valence-electron chi connectivity index (χ1n) is 48.0. The second-order valence-electron chi connectivity index (χ2n) is 37.5. The van der Waals surface area contributed by atoms with Crippen molar-refractivity contribution in [2.45, 2.75) is 67.6 Å². The van der Waals surface area contributed by atoms with E-state index in [-0.39, 0.29) is 104 Å². The Morgan fingerprint density at radius 2 is 0.716 bits per heavy atom. The van der Waals surface area contributed by atoms with E-state index in [0.29, 0.717) is 78.7 Å². The number of benzene rings is 8. The number of halogens is 5. The fraction of sp³-hybridized carbons (Fsp3) is 0.211. The van der Waals surface area contributed by atoms with Crippen LogP contribution in [0.4, 0.5) is 22.0 Å². The summed E-state index contributed by atoms with van der Waals surface area (Å²) < 4.78 is 117. The molecule has 16 aromatic rings. The van der Waals surface area contributed by atoms with Gasteiger partial charge in [0.05, 0.1) is 125 Å². The van der Waals surface area contributed by atoms with E-state index in [1.54, 1.807) is 66.4 Å². The first-order chi connectivity index (χ1) is 72.0. The van der Waals surface area contributed by atoms with Crippen molar-refractivity contribution in [2.75, 3.05) is 99.1 Å². The SMILES string of the molecule is O=C1c2c(O)c(=O)ccn2N(C2c3ccccc3-c3cncn3-c3ccccc32)C2COCCN12.O=C1c2c(O)c(=O)ccn2N(C2c3ccccc3-c3scc4c3-c3c2ccc(F)c3C(F)(F)CC4)C2COCCN12.O=C1c2c(O)c(=O)ccn2N([C@@H]2c3ccccc3-c3occc3-c3c2ccc(F)c3F)[C@@H]2COCCN12.O=C1c2c(O)c(=O)ccn2N([C@H]2c3ccccc3-c3cncn3-c3ccccc32)[C@@H]2COCCN12. The summed E-state index contributed by atoms with van der Waals surface area (Å²) in [5.74, 6) is -10.3. The van der Waals surface area contributed by atoms with Crippen LogP contribution in [0.3, 0.4) is 0 Å². The third kappa shape index (κ3) is 13.5. The van der Waals surface area contributed by atoms with Gasteiger partial charge in [0.1, 0.15) is 48.3 Å². The Morgan fingerprint density at radius 3 is 1.14 bits per heavy atom. The van der Waals surface area contributed by atoms with Gasteiger partial charge in [0.25, 0.3) is 29.6 Å². The van der Waals surface area contributed by atoms with E-state index in [1.807, 2.05) is 137 Å². The summed E-state index contributed by atoms with van der Waals surface area (Å²) in [7, 11) is 0. The third-order valence-electron chi connectivity index (χ3n) is 30.1. The van der Waals surface area contributed by atoms with Crippen LogP contribution >= 0.6 is 11.3 Å². The average Bonchev–Trinajstić information content (AvgIpc) is 1.03. The Hall–Kier alpha value is -17.3. The van der Waals surface area contributed by atoms with Crippen LogP contribution in [0, 0.1) is 17.5 Å². The molecule has 742 valence electrons. The van der Waals surface area contributed by atoms with Crippen LogP contribution in [-0.2, 0) is 31.3 Å². The number of ether oxygens (including phenoxy) is 4. The van der Waals surface area contributed by atoms with Gasteiger partial charge in [-0.1, -0.05) is 146 Å². The van der Waals surface area contributed by atoms with Gasteiger partial charge < -0.3 is 63.4 Å². The number of imidazole rings is 2. The molecular formula is C109H83F5N16O17S. The van der Waals surface area contributed by atoms with Gasteiger partial charge in [-0.15, -0.1) is 11.3 Å². The summed E-state index contributed by atoms with van der Waals surface area (Å²) in [5, 5.41) is 52.5. The molecule has 10 aliphatic heterocycles. The van der Waals surface area contributed by atoms with Gasteiger partial charge in [-0.05, 0) is 86.6 Å². The third-order valence-corrected chi connectivity index (χ3v) is 31.2. The standard InChI is InChI=1S/C30H22F3N3O4S.C27H19F2N3O5.2C26H21N5O4/c31-19-6-5-18-23-22-15(7-9-30(32,33)24(19)23)14-41-28(22)17-4-2-1-3-16(17)25(18)36-21-13-40-12-11-34(21)29(39)26-27(38)20(37)8-10-35(26)36;28-18-6-5-16-21(22(18)29)17-8-11-37-26(17)15-4-2-1-3-14(15)23(16)32-20-13-36-12-10-30(20)27(35)24-25(34)19(33)7-9-31(24)32;2*32-21-9-10-30-24(25(21)33)26(34)28-11-12-35-14-22(28)31(30)23-17-6-2-1-5-16(17)20-13-27-15-29(20)19-8-4-3-7-18(19)23/h1-6,8,10,14,21,25,38H,7,9,11-13H2;1-9,11,20,23,34H,10,12-13H2;2*1-10,13,15,22-23,33H,11-12,14H2/t;20-,23-;22-,23+;/m.11./s1. The molecule has 3 aliphatic carbocycles. The molecule has 8 aromatic heterocycles. The molecule has 4 saturated heterocycles. The summed E-state index contributed by atoms with van der Waals surface area (Å²) in [5.41, 5.74) is 12.0. The maximum Gasteiger partial charge on any atom is 0.278 e. The van der Waals surface area contributed by atoms with Crippen LogP contribution in [-0.4, -0.2) is 205 Å². The van der Waals surface area contributed by atoms with Crippen molar-refractivity contribution in [1.29, 1.82) is 0 Å².